The van der Waals surface area contributed by atoms with Gasteiger partial charge in [-0.2, -0.15) is 0 Å². The van der Waals surface area contributed by atoms with Crippen LogP contribution in [0.15, 0.2) is 0 Å². The van der Waals surface area contributed by atoms with Crippen molar-refractivity contribution >= 4 is 0 Å². The Kier molecular flexibility index (Phi) is 4.21. The van der Waals surface area contributed by atoms with Crippen molar-refractivity contribution in [3.63, 3.8) is 0 Å². The number of hydrogen-bond donors (Lipinski definition) is 0. The summed E-state index contributed by atoms with van der Waals surface area (Å²) in [6, 6.07) is 0. The molecule has 0 amide bonds. The largest absolute Gasteiger partial charge is 0.379 e. The van der Waals surface area contributed by atoms with Crippen molar-refractivity contribution in [2.24, 2.45) is 0 Å². The van der Waals surface area contributed by atoms with Crippen LogP contribution in [0.3, 0.4) is 0 Å². The normalized spacial score (nSPS) is 13.5. The molecule has 0 aliphatic carbocycles. The molecule has 0 atom stereocenters. The highest BCUT2D eigenvalue weighted by atomic mass is 16.5. The van der Waals surface area contributed by atoms with Crippen molar-refractivity contribution < 1.29 is 9.47 Å². The zero-order valence-electron chi connectivity index (χ0n) is 9.23. The van der Waals surface area contributed by atoms with Crippen LogP contribution in [0, 0.1) is 0 Å². The topological polar surface area (TPSA) is 18.5 Å². The maximum absolute atomic E-state index is 5.59. The third-order valence-electron chi connectivity index (χ3n) is 1.94. The van der Waals surface area contributed by atoms with Crippen LogP contribution in [0.25, 0.3) is 0 Å². The second-order valence-corrected chi connectivity index (χ2v) is 4.33. The van der Waals surface area contributed by atoms with Crippen LogP contribution in [0.1, 0.15) is 41.0 Å². The van der Waals surface area contributed by atoms with Crippen LogP contribution < -0.4 is 0 Å². The van der Waals surface area contributed by atoms with Crippen LogP contribution >= 0.6 is 0 Å². The molecule has 0 bridgehead atoms. The maximum atomic E-state index is 5.59. The average Bonchev–Trinajstić information content (AvgIpc) is 1.85. The number of methoxy groups -OCH3 is 1. The van der Waals surface area contributed by atoms with Gasteiger partial charge in [-0.1, -0.05) is 0 Å². The van der Waals surface area contributed by atoms with E-state index in [4.69, 9.17) is 9.47 Å². The van der Waals surface area contributed by atoms with Crippen LogP contribution in [0.4, 0.5) is 0 Å². The zero-order chi connectivity index (χ0) is 9.83. The molecule has 0 aromatic carbocycles. The molecule has 0 fully saturated rings. The molecule has 74 valence electrons. The second kappa shape index (κ2) is 4.24. The summed E-state index contributed by atoms with van der Waals surface area (Å²) < 4.78 is 10.9. The fraction of sp³-hybridized carbons (Fsp3) is 1.00. The Morgan fingerprint density at radius 3 is 1.83 bits per heavy atom. The first-order chi connectivity index (χ1) is 5.33. The molecule has 0 N–H and O–H groups in total. The minimum absolute atomic E-state index is 0.0890. The van der Waals surface area contributed by atoms with E-state index >= 15 is 0 Å². The lowest BCUT2D eigenvalue weighted by Crippen LogP contribution is -2.36. The van der Waals surface area contributed by atoms with Gasteiger partial charge in [0.15, 0.2) is 0 Å². The molecule has 0 rings (SSSR count). The first-order valence-corrected chi connectivity index (χ1v) is 4.52. The SMILES string of the molecule is CCOC(C)(C)CC(C)(C)OC. The van der Waals surface area contributed by atoms with E-state index in [1.165, 1.54) is 0 Å². The molecule has 0 spiro atoms. The molecular formula is C10H22O2. The third kappa shape index (κ3) is 4.73. The van der Waals surface area contributed by atoms with Crippen LogP contribution in [0.2, 0.25) is 0 Å². The van der Waals surface area contributed by atoms with E-state index in [-0.39, 0.29) is 11.2 Å². The van der Waals surface area contributed by atoms with Crippen molar-refractivity contribution in [3.05, 3.63) is 0 Å². The summed E-state index contributed by atoms with van der Waals surface area (Å²) in [5.74, 6) is 0. The predicted octanol–water partition coefficient (Wildman–Crippen LogP) is 2.62. The second-order valence-electron chi connectivity index (χ2n) is 4.33. The lowest BCUT2D eigenvalue weighted by molar-refractivity contribution is -0.0833. The maximum Gasteiger partial charge on any atom is 0.0653 e. The van der Waals surface area contributed by atoms with Crippen molar-refractivity contribution in [1.29, 1.82) is 0 Å². The summed E-state index contributed by atoms with van der Waals surface area (Å²) in [5.41, 5.74) is -0.188. The monoisotopic (exact) mass is 174 g/mol. The zero-order valence-corrected chi connectivity index (χ0v) is 9.23. The molecule has 0 unspecified atom stereocenters. The quantitative estimate of drug-likeness (QED) is 0.638. The Morgan fingerprint density at radius 2 is 1.50 bits per heavy atom. The summed E-state index contributed by atoms with van der Waals surface area (Å²) in [5, 5.41) is 0. The summed E-state index contributed by atoms with van der Waals surface area (Å²) >= 11 is 0. The van der Waals surface area contributed by atoms with Crippen molar-refractivity contribution in [2.75, 3.05) is 13.7 Å². The van der Waals surface area contributed by atoms with E-state index in [0.29, 0.717) is 0 Å². The lowest BCUT2D eigenvalue weighted by Gasteiger charge is -2.33. The van der Waals surface area contributed by atoms with Gasteiger partial charge in [-0.05, 0) is 34.6 Å². The molecule has 0 heterocycles. The van der Waals surface area contributed by atoms with Gasteiger partial charge in [0.2, 0.25) is 0 Å². The van der Waals surface area contributed by atoms with E-state index in [0.717, 1.165) is 13.0 Å². The molecule has 0 saturated carbocycles. The smallest absolute Gasteiger partial charge is 0.0653 e. The number of ether oxygens (including phenoxy) is 2. The minimum atomic E-state index is -0.0985. The molecule has 2 nitrogen and oxygen atoms in total. The molecule has 0 aromatic heterocycles. The van der Waals surface area contributed by atoms with Crippen LogP contribution in [-0.2, 0) is 9.47 Å². The van der Waals surface area contributed by atoms with Gasteiger partial charge >= 0.3 is 0 Å². The number of hydrogen-bond acceptors (Lipinski definition) is 2. The van der Waals surface area contributed by atoms with E-state index in [2.05, 4.69) is 27.7 Å². The highest BCUT2D eigenvalue weighted by Gasteiger charge is 2.28. The summed E-state index contributed by atoms with van der Waals surface area (Å²) in [4.78, 5) is 0. The Morgan fingerprint density at radius 1 is 1.00 bits per heavy atom. The van der Waals surface area contributed by atoms with Gasteiger partial charge < -0.3 is 9.47 Å². The van der Waals surface area contributed by atoms with Gasteiger partial charge in [0.05, 0.1) is 11.2 Å². The summed E-state index contributed by atoms with van der Waals surface area (Å²) in [6.45, 7) is 11.1. The number of rotatable bonds is 5. The van der Waals surface area contributed by atoms with Crippen molar-refractivity contribution in [2.45, 2.75) is 52.2 Å². The first-order valence-electron chi connectivity index (χ1n) is 4.52. The van der Waals surface area contributed by atoms with Gasteiger partial charge in [-0.25, -0.2) is 0 Å². The standard InChI is InChI=1S/C10H22O2/c1-7-12-10(4,5)8-9(2,3)11-6/h7-8H2,1-6H3. The van der Waals surface area contributed by atoms with E-state index < -0.39 is 0 Å². The molecule has 0 aliphatic rings. The van der Waals surface area contributed by atoms with Gasteiger partial charge in [0.25, 0.3) is 0 Å². The fourth-order valence-electron chi connectivity index (χ4n) is 1.54. The van der Waals surface area contributed by atoms with E-state index in [9.17, 15) is 0 Å². The molecular weight excluding hydrogens is 152 g/mol. The lowest BCUT2D eigenvalue weighted by atomic mass is 9.92. The summed E-state index contributed by atoms with van der Waals surface area (Å²) in [6.07, 6.45) is 0.907. The molecule has 0 saturated heterocycles. The molecule has 2 heteroatoms. The van der Waals surface area contributed by atoms with Crippen LogP contribution in [-0.4, -0.2) is 24.9 Å². The average molecular weight is 174 g/mol. The molecule has 12 heavy (non-hydrogen) atoms. The van der Waals surface area contributed by atoms with Gasteiger partial charge in [0.1, 0.15) is 0 Å². The third-order valence-corrected chi connectivity index (χ3v) is 1.94. The predicted molar refractivity (Wildman–Crippen MR) is 51.4 cm³/mol. The summed E-state index contributed by atoms with van der Waals surface area (Å²) in [7, 11) is 1.74. The van der Waals surface area contributed by atoms with Gasteiger partial charge in [-0.15, -0.1) is 0 Å². The highest BCUT2D eigenvalue weighted by molar-refractivity contribution is 4.80. The molecule has 0 aromatic rings. The van der Waals surface area contributed by atoms with Gasteiger partial charge in [0, 0.05) is 20.1 Å². The van der Waals surface area contributed by atoms with Crippen molar-refractivity contribution in [3.8, 4) is 0 Å². The highest BCUT2D eigenvalue weighted by Crippen LogP contribution is 2.25. The molecule has 0 aliphatic heterocycles. The Balaban J connectivity index is 4.04. The van der Waals surface area contributed by atoms with Gasteiger partial charge in [-0.3, -0.25) is 0 Å². The van der Waals surface area contributed by atoms with E-state index in [1.54, 1.807) is 7.11 Å². The Hall–Kier alpha value is -0.0800. The molecule has 0 radical (unpaired) electrons. The fourth-order valence-corrected chi connectivity index (χ4v) is 1.54. The Bertz CT molecular complexity index is 128. The first kappa shape index (κ1) is 11.9. The minimum Gasteiger partial charge on any atom is -0.379 e. The van der Waals surface area contributed by atoms with Crippen LogP contribution in [0.5, 0.6) is 0 Å². The van der Waals surface area contributed by atoms with E-state index in [1.807, 2.05) is 6.92 Å². The van der Waals surface area contributed by atoms with Crippen molar-refractivity contribution in [1.82, 2.24) is 0 Å². The Labute approximate surface area is 76.3 Å².